The van der Waals surface area contributed by atoms with Crippen molar-refractivity contribution in [3.63, 3.8) is 0 Å². The van der Waals surface area contributed by atoms with Crippen molar-refractivity contribution < 1.29 is 14.1 Å². The largest absolute Gasteiger partial charge is 0.335 e. The Balaban J connectivity index is 3.00. The minimum Gasteiger partial charge on any atom is -0.335 e. The summed E-state index contributed by atoms with van der Waals surface area (Å²) in [5.41, 5.74) is -0.513. The third-order valence-corrected chi connectivity index (χ3v) is 3.15. The molecule has 0 aromatic heterocycles. The molecule has 7 heteroatoms. The summed E-state index contributed by atoms with van der Waals surface area (Å²) in [7, 11) is 3.81. The van der Waals surface area contributed by atoms with Crippen molar-refractivity contribution >= 4 is 11.6 Å². The third kappa shape index (κ3) is 4.22. The van der Waals surface area contributed by atoms with Gasteiger partial charge in [-0.2, -0.15) is 4.39 Å². The van der Waals surface area contributed by atoms with E-state index in [9.17, 15) is 19.3 Å². The van der Waals surface area contributed by atoms with Crippen molar-refractivity contribution in [2.75, 3.05) is 27.2 Å². The van der Waals surface area contributed by atoms with Crippen molar-refractivity contribution in [3.8, 4) is 0 Å². The molecule has 0 bridgehead atoms. The number of halogens is 1. The fraction of sp³-hybridized carbons (Fsp3) is 0.500. The average molecular weight is 297 g/mol. The molecule has 1 aromatic carbocycles. The summed E-state index contributed by atoms with van der Waals surface area (Å²) in [6.07, 6.45) is 0. The first kappa shape index (κ1) is 17.0. The SMILES string of the molecule is CCN(C(=O)c1ccc([N+](=O)[O-])c(F)c1)C(C)CN(C)C. The molecule has 0 N–H and O–H groups in total. The normalized spacial score (nSPS) is 12.3. The van der Waals surface area contributed by atoms with Gasteiger partial charge in [0.15, 0.2) is 0 Å². The van der Waals surface area contributed by atoms with Crippen LogP contribution in [0, 0.1) is 15.9 Å². The smallest absolute Gasteiger partial charge is 0.304 e. The lowest BCUT2D eigenvalue weighted by atomic mass is 10.1. The summed E-state index contributed by atoms with van der Waals surface area (Å²) in [6, 6.07) is 3.18. The number of nitro benzene ring substituents is 1. The standard InChI is InChI=1S/C14H20FN3O3/c1-5-17(10(2)9-16(3)4)14(19)11-6-7-13(18(20)21)12(15)8-11/h6-8,10H,5,9H2,1-4H3. The molecule has 0 fully saturated rings. The molecule has 6 nitrogen and oxygen atoms in total. The number of rotatable bonds is 6. The first-order chi connectivity index (χ1) is 9.77. The highest BCUT2D eigenvalue weighted by Crippen LogP contribution is 2.19. The lowest BCUT2D eigenvalue weighted by Gasteiger charge is -2.30. The molecule has 0 saturated heterocycles. The van der Waals surface area contributed by atoms with Crippen LogP contribution in [0.5, 0.6) is 0 Å². The third-order valence-electron chi connectivity index (χ3n) is 3.15. The Bertz CT molecular complexity index is 534. The van der Waals surface area contributed by atoms with Crippen LogP contribution in [0.4, 0.5) is 10.1 Å². The van der Waals surface area contributed by atoms with Crippen LogP contribution in [0.15, 0.2) is 18.2 Å². The van der Waals surface area contributed by atoms with Crippen LogP contribution in [0.25, 0.3) is 0 Å². The number of benzene rings is 1. The first-order valence-corrected chi connectivity index (χ1v) is 6.67. The molecule has 0 spiro atoms. The second-order valence-corrected chi connectivity index (χ2v) is 5.13. The zero-order chi connectivity index (χ0) is 16.2. The maximum absolute atomic E-state index is 13.6. The summed E-state index contributed by atoms with van der Waals surface area (Å²) in [5, 5.41) is 10.6. The second-order valence-electron chi connectivity index (χ2n) is 5.13. The van der Waals surface area contributed by atoms with E-state index in [4.69, 9.17) is 0 Å². The van der Waals surface area contributed by atoms with Gasteiger partial charge in [-0.25, -0.2) is 0 Å². The van der Waals surface area contributed by atoms with Crippen LogP contribution in [0.2, 0.25) is 0 Å². The number of nitrogens with zero attached hydrogens (tertiary/aromatic N) is 3. The number of nitro groups is 1. The van der Waals surface area contributed by atoms with E-state index < -0.39 is 16.4 Å². The zero-order valence-electron chi connectivity index (χ0n) is 12.7. The Hall–Kier alpha value is -2.02. The van der Waals surface area contributed by atoms with Gasteiger partial charge in [-0.1, -0.05) is 0 Å². The van der Waals surface area contributed by atoms with Crippen LogP contribution in [0.3, 0.4) is 0 Å². The molecule has 1 unspecified atom stereocenters. The second kappa shape index (κ2) is 7.12. The molecule has 116 valence electrons. The molecule has 0 radical (unpaired) electrons. The number of carbonyl (C=O) groups is 1. The molecular weight excluding hydrogens is 277 g/mol. The van der Waals surface area contributed by atoms with Gasteiger partial charge in [0, 0.05) is 30.8 Å². The van der Waals surface area contributed by atoms with Crippen molar-refractivity contribution in [3.05, 3.63) is 39.7 Å². The van der Waals surface area contributed by atoms with Gasteiger partial charge in [-0.3, -0.25) is 14.9 Å². The monoisotopic (exact) mass is 297 g/mol. The van der Waals surface area contributed by atoms with Gasteiger partial charge in [-0.05, 0) is 40.1 Å². The summed E-state index contributed by atoms with van der Waals surface area (Å²) < 4.78 is 13.6. The van der Waals surface area contributed by atoms with E-state index in [-0.39, 0.29) is 17.5 Å². The number of likely N-dealkylation sites (N-methyl/N-ethyl adjacent to an activating group) is 2. The van der Waals surface area contributed by atoms with Crippen LogP contribution < -0.4 is 0 Å². The molecule has 0 heterocycles. The Kier molecular flexibility index (Phi) is 5.78. The highest BCUT2D eigenvalue weighted by molar-refractivity contribution is 5.94. The number of hydrogen-bond donors (Lipinski definition) is 0. The Morgan fingerprint density at radius 3 is 2.48 bits per heavy atom. The summed E-state index contributed by atoms with van der Waals surface area (Å²) in [6.45, 7) is 4.90. The van der Waals surface area contributed by atoms with Crippen LogP contribution >= 0.6 is 0 Å². The van der Waals surface area contributed by atoms with Crippen LogP contribution in [0.1, 0.15) is 24.2 Å². The molecule has 0 aliphatic heterocycles. The minimum atomic E-state index is -0.998. The maximum Gasteiger partial charge on any atom is 0.304 e. The van der Waals surface area contributed by atoms with Gasteiger partial charge in [0.05, 0.1) is 4.92 Å². The average Bonchev–Trinajstić information content (AvgIpc) is 2.37. The molecule has 0 saturated carbocycles. The van der Waals surface area contributed by atoms with Crippen molar-refractivity contribution in [2.24, 2.45) is 0 Å². The number of hydrogen-bond acceptors (Lipinski definition) is 4. The van der Waals surface area contributed by atoms with Crippen LogP contribution in [-0.4, -0.2) is 53.9 Å². The molecule has 1 amide bonds. The lowest BCUT2D eigenvalue weighted by molar-refractivity contribution is -0.387. The molecule has 0 aliphatic rings. The minimum absolute atomic E-state index is 0.0456. The molecule has 1 rings (SSSR count). The summed E-state index contributed by atoms with van der Waals surface area (Å²) in [5.74, 6) is -1.33. The predicted molar refractivity (Wildman–Crippen MR) is 77.8 cm³/mol. The van der Waals surface area contributed by atoms with E-state index in [0.29, 0.717) is 13.1 Å². The molecule has 21 heavy (non-hydrogen) atoms. The van der Waals surface area contributed by atoms with E-state index in [0.717, 1.165) is 12.1 Å². The Morgan fingerprint density at radius 1 is 1.43 bits per heavy atom. The molecular formula is C14H20FN3O3. The van der Waals surface area contributed by atoms with Gasteiger partial charge >= 0.3 is 5.69 Å². The van der Waals surface area contributed by atoms with Gasteiger partial charge in [0.2, 0.25) is 5.82 Å². The van der Waals surface area contributed by atoms with E-state index in [1.165, 1.54) is 6.07 Å². The van der Waals surface area contributed by atoms with E-state index in [1.54, 1.807) is 4.90 Å². The maximum atomic E-state index is 13.6. The van der Waals surface area contributed by atoms with E-state index in [2.05, 4.69) is 0 Å². The van der Waals surface area contributed by atoms with Gasteiger partial charge in [0.1, 0.15) is 0 Å². The molecule has 1 aromatic rings. The van der Waals surface area contributed by atoms with Crippen molar-refractivity contribution in [1.29, 1.82) is 0 Å². The highest BCUT2D eigenvalue weighted by atomic mass is 19.1. The van der Waals surface area contributed by atoms with Crippen molar-refractivity contribution in [1.82, 2.24) is 9.80 Å². The number of amides is 1. The van der Waals surface area contributed by atoms with E-state index in [1.807, 2.05) is 32.8 Å². The predicted octanol–water partition coefficient (Wildman–Crippen LogP) is 2.15. The van der Waals surface area contributed by atoms with Crippen LogP contribution in [-0.2, 0) is 0 Å². The summed E-state index contributed by atoms with van der Waals surface area (Å²) >= 11 is 0. The van der Waals surface area contributed by atoms with E-state index >= 15 is 0 Å². The summed E-state index contributed by atoms with van der Waals surface area (Å²) in [4.78, 5) is 25.7. The Labute approximate surface area is 123 Å². The lowest BCUT2D eigenvalue weighted by Crippen LogP contribution is -2.43. The Morgan fingerprint density at radius 2 is 2.05 bits per heavy atom. The molecule has 0 aliphatic carbocycles. The van der Waals surface area contributed by atoms with Crippen molar-refractivity contribution in [2.45, 2.75) is 19.9 Å². The molecule has 1 atom stereocenters. The van der Waals surface area contributed by atoms with Gasteiger partial charge in [-0.15, -0.1) is 0 Å². The van der Waals surface area contributed by atoms with Gasteiger partial charge in [0.25, 0.3) is 5.91 Å². The highest BCUT2D eigenvalue weighted by Gasteiger charge is 2.23. The fourth-order valence-corrected chi connectivity index (χ4v) is 2.24. The van der Waals surface area contributed by atoms with Gasteiger partial charge < -0.3 is 9.80 Å². The number of carbonyl (C=O) groups excluding carboxylic acids is 1. The topological polar surface area (TPSA) is 66.7 Å². The quantitative estimate of drug-likeness (QED) is 0.596. The first-order valence-electron chi connectivity index (χ1n) is 6.67. The zero-order valence-corrected chi connectivity index (χ0v) is 12.7. The fourth-order valence-electron chi connectivity index (χ4n) is 2.24.